The number of aromatic nitrogens is 2. The van der Waals surface area contributed by atoms with E-state index >= 15 is 0 Å². The van der Waals surface area contributed by atoms with Gasteiger partial charge in [0.05, 0.1) is 11.0 Å². The molecule has 1 saturated heterocycles. The summed E-state index contributed by atoms with van der Waals surface area (Å²) in [6.45, 7) is 3.93. The van der Waals surface area contributed by atoms with Crippen molar-refractivity contribution in [3.8, 4) is 0 Å². The molecule has 0 unspecified atom stereocenters. The molecule has 28 heavy (non-hydrogen) atoms. The lowest BCUT2D eigenvalue weighted by molar-refractivity contribution is 0.615. The van der Waals surface area contributed by atoms with Gasteiger partial charge in [-0.05, 0) is 55.3 Å². The minimum atomic E-state index is 0.664. The number of anilines is 1. The zero-order valence-electron chi connectivity index (χ0n) is 15.7. The SMILES string of the molecule is Clc1cccc(Cn2ccc3c(NC[C@@H]4CCNC4)nc4ccccc4c32)c1. The predicted molar refractivity (Wildman–Crippen MR) is 117 cm³/mol. The Morgan fingerprint density at radius 3 is 2.89 bits per heavy atom. The van der Waals surface area contributed by atoms with Gasteiger partial charge in [-0.15, -0.1) is 0 Å². The Bertz CT molecular complexity index is 1130. The van der Waals surface area contributed by atoms with Gasteiger partial charge in [-0.2, -0.15) is 0 Å². The summed E-state index contributed by atoms with van der Waals surface area (Å²) in [4.78, 5) is 4.93. The summed E-state index contributed by atoms with van der Waals surface area (Å²) in [6.07, 6.45) is 3.38. The van der Waals surface area contributed by atoms with Crippen LogP contribution in [-0.2, 0) is 6.54 Å². The van der Waals surface area contributed by atoms with E-state index in [1.165, 1.54) is 28.3 Å². The summed E-state index contributed by atoms with van der Waals surface area (Å²) < 4.78 is 2.30. The fourth-order valence-corrected chi connectivity index (χ4v) is 4.36. The van der Waals surface area contributed by atoms with Gasteiger partial charge in [0.1, 0.15) is 5.82 Å². The Morgan fingerprint density at radius 2 is 2.04 bits per heavy atom. The second-order valence-electron chi connectivity index (χ2n) is 7.55. The maximum atomic E-state index is 6.19. The van der Waals surface area contributed by atoms with Crippen LogP contribution in [-0.4, -0.2) is 29.2 Å². The van der Waals surface area contributed by atoms with Crippen LogP contribution in [0.4, 0.5) is 5.82 Å². The van der Waals surface area contributed by atoms with Crippen LogP contribution in [0.25, 0.3) is 21.8 Å². The van der Waals surface area contributed by atoms with Crippen LogP contribution in [0.3, 0.4) is 0 Å². The number of halogens is 1. The summed E-state index contributed by atoms with van der Waals surface area (Å²) in [6, 6.07) is 18.6. The molecule has 1 atom stereocenters. The van der Waals surface area contributed by atoms with E-state index in [1.807, 2.05) is 18.2 Å². The second-order valence-corrected chi connectivity index (χ2v) is 7.99. The first-order valence-corrected chi connectivity index (χ1v) is 10.2. The van der Waals surface area contributed by atoms with E-state index in [4.69, 9.17) is 16.6 Å². The highest BCUT2D eigenvalue weighted by molar-refractivity contribution is 6.30. The van der Waals surface area contributed by atoms with E-state index in [2.05, 4.69) is 57.8 Å². The first-order chi connectivity index (χ1) is 13.8. The van der Waals surface area contributed by atoms with Crippen molar-refractivity contribution in [1.82, 2.24) is 14.9 Å². The third-order valence-corrected chi connectivity index (χ3v) is 5.81. The highest BCUT2D eigenvalue weighted by Gasteiger charge is 2.17. The number of para-hydroxylation sites is 1. The van der Waals surface area contributed by atoms with Gasteiger partial charge in [0.15, 0.2) is 0 Å². The predicted octanol–water partition coefficient (Wildman–Crippen LogP) is 4.91. The van der Waals surface area contributed by atoms with Crippen LogP contribution < -0.4 is 10.6 Å². The van der Waals surface area contributed by atoms with E-state index in [9.17, 15) is 0 Å². The van der Waals surface area contributed by atoms with Gasteiger partial charge in [0, 0.05) is 35.1 Å². The van der Waals surface area contributed by atoms with E-state index in [1.54, 1.807) is 0 Å². The minimum Gasteiger partial charge on any atom is -0.369 e. The number of pyridine rings is 1. The lowest BCUT2D eigenvalue weighted by atomic mass is 10.1. The molecule has 142 valence electrons. The van der Waals surface area contributed by atoms with E-state index < -0.39 is 0 Å². The number of benzene rings is 2. The molecular weight excluding hydrogens is 368 g/mol. The average Bonchev–Trinajstić information content (AvgIpc) is 3.37. The molecule has 5 heteroatoms. The van der Waals surface area contributed by atoms with E-state index in [0.29, 0.717) is 5.92 Å². The fourth-order valence-electron chi connectivity index (χ4n) is 4.14. The second kappa shape index (κ2) is 7.46. The maximum Gasteiger partial charge on any atom is 0.136 e. The highest BCUT2D eigenvalue weighted by Crippen LogP contribution is 2.31. The van der Waals surface area contributed by atoms with Gasteiger partial charge in [-0.25, -0.2) is 4.98 Å². The van der Waals surface area contributed by atoms with Gasteiger partial charge >= 0.3 is 0 Å². The lowest BCUT2D eigenvalue weighted by Gasteiger charge is -2.14. The molecule has 0 saturated carbocycles. The molecular formula is C23H23ClN4. The normalized spacial score (nSPS) is 16.8. The van der Waals surface area contributed by atoms with Crippen LogP contribution in [0.1, 0.15) is 12.0 Å². The molecule has 1 aliphatic heterocycles. The number of hydrogen-bond donors (Lipinski definition) is 2. The Hall–Kier alpha value is -2.56. The largest absolute Gasteiger partial charge is 0.369 e. The molecule has 1 aliphatic rings. The van der Waals surface area contributed by atoms with Crippen LogP contribution in [0.2, 0.25) is 5.02 Å². The minimum absolute atomic E-state index is 0.664. The third-order valence-electron chi connectivity index (χ3n) is 5.57. The van der Waals surface area contributed by atoms with Crippen LogP contribution in [0.15, 0.2) is 60.8 Å². The van der Waals surface area contributed by atoms with Crippen molar-refractivity contribution in [2.75, 3.05) is 25.0 Å². The number of nitrogens with one attached hydrogen (secondary N) is 2. The topological polar surface area (TPSA) is 41.9 Å². The summed E-state index contributed by atoms with van der Waals surface area (Å²) in [5.74, 6) is 1.64. The van der Waals surface area contributed by atoms with Gasteiger partial charge in [-0.1, -0.05) is 41.9 Å². The van der Waals surface area contributed by atoms with E-state index in [-0.39, 0.29) is 0 Å². The van der Waals surface area contributed by atoms with Crippen molar-refractivity contribution in [3.05, 3.63) is 71.4 Å². The van der Waals surface area contributed by atoms with Crippen LogP contribution in [0.5, 0.6) is 0 Å². The number of hydrogen-bond acceptors (Lipinski definition) is 3. The maximum absolute atomic E-state index is 6.19. The van der Waals surface area contributed by atoms with Crippen molar-refractivity contribution in [1.29, 1.82) is 0 Å². The molecule has 2 aromatic heterocycles. The molecule has 2 aromatic carbocycles. The standard InChI is InChI=1S/C23H23ClN4/c24-18-5-3-4-16(12-18)15-28-11-9-20-22(28)19-6-1-2-7-21(19)27-23(20)26-14-17-8-10-25-13-17/h1-7,9,11-12,17,25H,8,10,13-15H2,(H,26,27)/t17-/m1/s1. The van der Waals surface area contributed by atoms with Gasteiger partial charge in [0.2, 0.25) is 0 Å². The summed E-state index contributed by atoms with van der Waals surface area (Å²) in [5, 5.41) is 10.2. The van der Waals surface area contributed by atoms with Crippen molar-refractivity contribution in [2.24, 2.45) is 5.92 Å². The number of fused-ring (bicyclic) bond motifs is 3. The molecule has 0 aliphatic carbocycles. The van der Waals surface area contributed by atoms with Crippen LogP contribution >= 0.6 is 11.6 Å². The monoisotopic (exact) mass is 390 g/mol. The Kier molecular flexibility index (Phi) is 4.67. The molecule has 0 bridgehead atoms. The number of rotatable bonds is 5. The first kappa shape index (κ1) is 17.5. The highest BCUT2D eigenvalue weighted by atomic mass is 35.5. The van der Waals surface area contributed by atoms with Gasteiger partial charge < -0.3 is 15.2 Å². The molecule has 4 aromatic rings. The molecule has 1 fully saturated rings. The molecule has 0 amide bonds. The first-order valence-electron chi connectivity index (χ1n) is 9.84. The van der Waals surface area contributed by atoms with Gasteiger partial charge in [-0.3, -0.25) is 0 Å². The zero-order chi connectivity index (χ0) is 18.9. The van der Waals surface area contributed by atoms with Crippen molar-refractivity contribution in [3.63, 3.8) is 0 Å². The summed E-state index contributed by atoms with van der Waals surface area (Å²) in [5.41, 5.74) is 3.43. The number of nitrogens with zero attached hydrogens (tertiary/aromatic N) is 2. The summed E-state index contributed by atoms with van der Waals surface area (Å²) >= 11 is 6.19. The Balaban J connectivity index is 1.58. The van der Waals surface area contributed by atoms with Crippen molar-refractivity contribution in [2.45, 2.75) is 13.0 Å². The molecule has 0 spiro atoms. The summed E-state index contributed by atoms with van der Waals surface area (Å²) in [7, 11) is 0. The van der Waals surface area contributed by atoms with Gasteiger partial charge in [0.25, 0.3) is 0 Å². The molecule has 5 rings (SSSR count). The molecule has 2 N–H and O–H groups in total. The fraction of sp³-hybridized carbons (Fsp3) is 0.261. The quantitative estimate of drug-likeness (QED) is 0.508. The van der Waals surface area contributed by atoms with Crippen LogP contribution in [0, 0.1) is 5.92 Å². The lowest BCUT2D eigenvalue weighted by Crippen LogP contribution is -2.17. The van der Waals surface area contributed by atoms with Crippen molar-refractivity contribution >= 4 is 39.2 Å². The van der Waals surface area contributed by atoms with Crippen molar-refractivity contribution < 1.29 is 0 Å². The Labute approximate surface area is 169 Å². The zero-order valence-corrected chi connectivity index (χ0v) is 16.4. The molecule has 4 nitrogen and oxygen atoms in total. The smallest absolute Gasteiger partial charge is 0.136 e. The molecule has 3 heterocycles. The average molecular weight is 391 g/mol. The third kappa shape index (κ3) is 3.34. The molecule has 0 radical (unpaired) electrons. The van der Waals surface area contributed by atoms with E-state index in [0.717, 1.165) is 42.5 Å². The Morgan fingerprint density at radius 1 is 1.11 bits per heavy atom.